The van der Waals surface area contributed by atoms with Gasteiger partial charge in [0.2, 0.25) is 0 Å². The molecule has 0 aliphatic carbocycles. The van der Waals surface area contributed by atoms with Gasteiger partial charge in [-0.1, -0.05) is 121 Å². The monoisotopic (exact) mass is 602 g/mol. The summed E-state index contributed by atoms with van der Waals surface area (Å²) < 4.78 is 8.83. The quantitative estimate of drug-likeness (QED) is 0.174. The van der Waals surface area contributed by atoms with E-state index in [1.54, 1.807) is 0 Å². The van der Waals surface area contributed by atoms with Crippen molar-refractivity contribution in [1.29, 1.82) is 0 Å². The van der Waals surface area contributed by atoms with E-state index in [-0.39, 0.29) is 0 Å². The van der Waals surface area contributed by atoms with E-state index < -0.39 is 0 Å². The summed E-state index contributed by atoms with van der Waals surface area (Å²) in [6.07, 6.45) is 1.95. The summed E-state index contributed by atoms with van der Waals surface area (Å²) in [5.41, 5.74) is 12.2. The molecule has 0 aliphatic heterocycles. The van der Waals surface area contributed by atoms with Crippen LogP contribution in [-0.2, 0) is 6.54 Å². The third kappa shape index (κ3) is 4.81. The van der Waals surface area contributed by atoms with Gasteiger partial charge >= 0.3 is 0 Å². The molecule has 0 saturated heterocycles. The van der Waals surface area contributed by atoms with Crippen molar-refractivity contribution in [2.24, 2.45) is 4.99 Å². The maximum atomic E-state index is 6.45. The first-order chi connectivity index (χ1) is 23.3. The van der Waals surface area contributed by atoms with Gasteiger partial charge in [0.25, 0.3) is 0 Å². The molecule has 0 amide bonds. The summed E-state index contributed by atoms with van der Waals surface area (Å²) >= 11 is 0. The second-order valence-electron chi connectivity index (χ2n) is 12.0. The fourth-order valence-corrected chi connectivity index (χ4v) is 6.84. The van der Waals surface area contributed by atoms with Crippen LogP contribution in [0.3, 0.4) is 0 Å². The molecule has 0 aliphatic rings. The van der Waals surface area contributed by atoms with Crippen LogP contribution in [0.5, 0.6) is 0 Å². The number of hydrogen-bond acceptors (Lipinski definition) is 2. The molecule has 0 N–H and O–H groups in total. The lowest BCUT2D eigenvalue weighted by Gasteiger charge is -2.10. The third-order valence-electron chi connectivity index (χ3n) is 9.07. The maximum absolute atomic E-state index is 6.45. The predicted molar refractivity (Wildman–Crippen MR) is 197 cm³/mol. The molecule has 0 radical (unpaired) electrons. The Morgan fingerprint density at radius 1 is 0.511 bits per heavy atom. The van der Waals surface area contributed by atoms with Crippen LogP contribution < -0.4 is 0 Å². The molecule has 0 saturated carbocycles. The number of aliphatic imine (C=N–C) groups is 1. The van der Waals surface area contributed by atoms with Gasteiger partial charge in [-0.05, 0) is 70.3 Å². The molecular weight excluding hydrogens is 572 g/mol. The SMILES string of the molecule is C(=NCc1cccc(-n2c3ccc(-c4ccccc4)cc3c3cc(-c4cccc5c4oc4ccccc45)ccc32)c1)c1ccccc1. The van der Waals surface area contributed by atoms with Crippen LogP contribution >= 0.6 is 0 Å². The zero-order valence-electron chi connectivity index (χ0n) is 25.7. The van der Waals surface area contributed by atoms with Crippen molar-refractivity contribution in [3.05, 3.63) is 175 Å². The average molecular weight is 603 g/mol. The van der Waals surface area contributed by atoms with E-state index in [2.05, 4.69) is 138 Å². The molecule has 2 aromatic heterocycles. The average Bonchev–Trinajstić information content (AvgIpc) is 3.68. The molecule has 9 rings (SSSR count). The molecule has 0 unspecified atom stereocenters. The third-order valence-corrected chi connectivity index (χ3v) is 9.07. The van der Waals surface area contributed by atoms with Crippen molar-refractivity contribution in [2.75, 3.05) is 0 Å². The zero-order chi connectivity index (χ0) is 31.2. The van der Waals surface area contributed by atoms with E-state index in [1.807, 2.05) is 36.5 Å². The first-order valence-corrected chi connectivity index (χ1v) is 16.0. The van der Waals surface area contributed by atoms with Crippen molar-refractivity contribution in [3.63, 3.8) is 0 Å². The van der Waals surface area contributed by atoms with E-state index in [9.17, 15) is 0 Å². The van der Waals surface area contributed by atoms with Gasteiger partial charge in [-0.3, -0.25) is 4.99 Å². The summed E-state index contributed by atoms with van der Waals surface area (Å²) in [4.78, 5) is 4.75. The molecule has 2 heterocycles. The van der Waals surface area contributed by atoms with Crippen LogP contribution in [0.1, 0.15) is 11.1 Å². The number of benzene rings is 7. The highest BCUT2D eigenvalue weighted by Crippen LogP contribution is 2.40. The molecule has 0 atom stereocenters. The Hall–Kier alpha value is -6.19. The molecule has 9 aromatic rings. The number of aromatic nitrogens is 1. The Balaban J connectivity index is 1.22. The molecule has 222 valence electrons. The smallest absolute Gasteiger partial charge is 0.143 e. The Kier molecular flexibility index (Phi) is 6.53. The largest absolute Gasteiger partial charge is 0.455 e. The van der Waals surface area contributed by atoms with E-state index in [4.69, 9.17) is 9.41 Å². The highest BCUT2D eigenvalue weighted by Gasteiger charge is 2.17. The fraction of sp³-hybridized carbons (Fsp3) is 0.0227. The molecular formula is C44H30N2O. The number of nitrogens with zero attached hydrogens (tertiary/aromatic N) is 2. The van der Waals surface area contributed by atoms with Gasteiger partial charge < -0.3 is 8.98 Å². The molecule has 0 bridgehead atoms. The second-order valence-corrected chi connectivity index (χ2v) is 12.0. The zero-order valence-corrected chi connectivity index (χ0v) is 25.7. The molecule has 0 spiro atoms. The van der Waals surface area contributed by atoms with Crippen molar-refractivity contribution in [2.45, 2.75) is 6.54 Å². The molecule has 47 heavy (non-hydrogen) atoms. The lowest BCUT2D eigenvalue weighted by molar-refractivity contribution is 0.670. The van der Waals surface area contributed by atoms with Crippen LogP contribution in [0.2, 0.25) is 0 Å². The van der Waals surface area contributed by atoms with Gasteiger partial charge in [0.15, 0.2) is 0 Å². The minimum atomic E-state index is 0.615. The van der Waals surface area contributed by atoms with Gasteiger partial charge in [0, 0.05) is 39.0 Å². The molecule has 3 heteroatoms. The van der Waals surface area contributed by atoms with Crippen molar-refractivity contribution < 1.29 is 4.42 Å². The van der Waals surface area contributed by atoms with Crippen LogP contribution in [-0.4, -0.2) is 10.8 Å². The highest BCUT2D eigenvalue weighted by atomic mass is 16.3. The Morgan fingerprint density at radius 3 is 2.02 bits per heavy atom. The van der Waals surface area contributed by atoms with E-state index in [1.165, 1.54) is 33.0 Å². The van der Waals surface area contributed by atoms with Crippen LogP contribution in [0, 0.1) is 0 Å². The maximum Gasteiger partial charge on any atom is 0.143 e. The number of para-hydroxylation sites is 2. The summed E-state index contributed by atoms with van der Waals surface area (Å²) in [7, 11) is 0. The molecule has 7 aromatic carbocycles. The van der Waals surface area contributed by atoms with Crippen LogP contribution in [0.4, 0.5) is 0 Å². The van der Waals surface area contributed by atoms with E-state index in [0.29, 0.717) is 6.54 Å². The Bertz CT molecular complexity index is 2590. The normalized spacial score (nSPS) is 11.8. The number of rotatable bonds is 6. The second kappa shape index (κ2) is 11.3. The number of furan rings is 1. The first-order valence-electron chi connectivity index (χ1n) is 16.0. The minimum absolute atomic E-state index is 0.615. The fourth-order valence-electron chi connectivity index (χ4n) is 6.84. The lowest BCUT2D eigenvalue weighted by atomic mass is 9.99. The minimum Gasteiger partial charge on any atom is -0.455 e. The van der Waals surface area contributed by atoms with Gasteiger partial charge in [-0.25, -0.2) is 0 Å². The van der Waals surface area contributed by atoms with E-state index in [0.717, 1.165) is 49.8 Å². The van der Waals surface area contributed by atoms with E-state index >= 15 is 0 Å². The standard InChI is InChI=1S/C44H30N2O/c1-3-11-30(12-4-1)28-45-29-31-13-9-16-35(25-31)46-41-23-21-33(32-14-5-2-6-15-32)26-39(41)40-27-34(22-24-42(40)46)36-18-10-19-38-37-17-7-8-20-43(37)47-44(36)38/h1-28H,29H2. The van der Waals surface area contributed by atoms with Gasteiger partial charge in [0.05, 0.1) is 17.6 Å². The number of fused-ring (bicyclic) bond motifs is 6. The van der Waals surface area contributed by atoms with Gasteiger partial charge in [-0.15, -0.1) is 0 Å². The summed E-state index contributed by atoms with van der Waals surface area (Å²) in [5.74, 6) is 0. The lowest BCUT2D eigenvalue weighted by Crippen LogP contribution is -1.95. The Morgan fingerprint density at radius 2 is 1.19 bits per heavy atom. The van der Waals surface area contributed by atoms with Crippen LogP contribution in [0.15, 0.2) is 173 Å². The molecule has 3 nitrogen and oxygen atoms in total. The molecule has 0 fully saturated rings. The Labute approximate surface area is 272 Å². The summed E-state index contributed by atoms with van der Waals surface area (Å²) in [5, 5.41) is 4.70. The van der Waals surface area contributed by atoms with Crippen molar-refractivity contribution >= 4 is 50.0 Å². The summed E-state index contributed by atoms with van der Waals surface area (Å²) in [6, 6.07) is 58.0. The van der Waals surface area contributed by atoms with Crippen LogP contribution in [0.25, 0.3) is 71.7 Å². The highest BCUT2D eigenvalue weighted by molar-refractivity contribution is 6.14. The topological polar surface area (TPSA) is 30.4 Å². The summed E-state index contributed by atoms with van der Waals surface area (Å²) in [6.45, 7) is 0.615. The van der Waals surface area contributed by atoms with Crippen molar-refractivity contribution in [1.82, 2.24) is 4.57 Å². The van der Waals surface area contributed by atoms with Crippen molar-refractivity contribution in [3.8, 4) is 27.9 Å². The predicted octanol–water partition coefficient (Wildman–Crippen LogP) is 11.6. The van der Waals surface area contributed by atoms with Gasteiger partial charge in [-0.2, -0.15) is 0 Å². The van der Waals surface area contributed by atoms with Gasteiger partial charge in [0.1, 0.15) is 11.2 Å². The first kappa shape index (κ1) is 27.1. The number of hydrogen-bond donors (Lipinski definition) is 0.